The molecule has 0 unspecified atom stereocenters. The van der Waals surface area contributed by atoms with Gasteiger partial charge in [-0.1, -0.05) is 64.7 Å². The molecule has 23 heavy (non-hydrogen) atoms. The Morgan fingerprint density at radius 2 is 1.35 bits per heavy atom. The molecule has 4 N–H and O–H groups in total. The number of hydrogen-bond donors (Lipinski definition) is 2. The van der Waals surface area contributed by atoms with Gasteiger partial charge in [-0.05, 0) is 30.7 Å². The predicted octanol–water partition coefficient (Wildman–Crippen LogP) is 4.89. The van der Waals surface area contributed by atoms with Crippen LogP contribution in [0.4, 0.5) is 5.69 Å². The third-order valence-corrected chi connectivity index (χ3v) is 3.86. The number of nitrogens with zero attached hydrogens (tertiary/aromatic N) is 1. The van der Waals surface area contributed by atoms with Gasteiger partial charge in [0.1, 0.15) is 5.75 Å². The van der Waals surface area contributed by atoms with E-state index in [1.165, 1.54) is 57.8 Å². The lowest BCUT2D eigenvalue weighted by Gasteiger charge is -2.06. The molecule has 0 aliphatic carbocycles. The molecule has 0 bridgehead atoms. The normalized spacial score (nSPS) is 10.5. The van der Waals surface area contributed by atoms with Crippen LogP contribution in [0, 0.1) is 0 Å². The third kappa shape index (κ3) is 10.6. The van der Waals surface area contributed by atoms with Gasteiger partial charge in [0.25, 0.3) is 0 Å². The molecule has 0 aromatic heterocycles. The van der Waals surface area contributed by atoms with Crippen LogP contribution in [0.3, 0.4) is 0 Å². The number of hydrogen-bond acceptors (Lipinski definition) is 2. The second-order valence-electron chi connectivity index (χ2n) is 6.06. The molecule has 4 heteroatoms. The first-order valence-electron chi connectivity index (χ1n) is 9.05. The maximum Gasteiger partial charge on any atom is 0.191 e. The van der Waals surface area contributed by atoms with Crippen molar-refractivity contribution < 1.29 is 4.74 Å². The summed E-state index contributed by atoms with van der Waals surface area (Å²) in [5, 5.41) is 0. The number of benzene rings is 1. The van der Waals surface area contributed by atoms with E-state index < -0.39 is 0 Å². The zero-order chi connectivity index (χ0) is 16.8. The zero-order valence-electron chi connectivity index (χ0n) is 14.6. The fourth-order valence-corrected chi connectivity index (χ4v) is 2.55. The van der Waals surface area contributed by atoms with Crippen molar-refractivity contribution in [1.82, 2.24) is 0 Å². The highest BCUT2D eigenvalue weighted by Crippen LogP contribution is 2.18. The summed E-state index contributed by atoms with van der Waals surface area (Å²) >= 11 is 0. The number of nitrogens with two attached hydrogens (primary N) is 2. The molecule has 4 nitrogen and oxygen atoms in total. The quantitative estimate of drug-likeness (QED) is 0.309. The van der Waals surface area contributed by atoms with Crippen molar-refractivity contribution in [3.63, 3.8) is 0 Å². The van der Waals surface area contributed by atoms with Crippen LogP contribution >= 0.6 is 0 Å². The second-order valence-corrected chi connectivity index (χ2v) is 6.06. The van der Waals surface area contributed by atoms with Crippen molar-refractivity contribution in [2.75, 3.05) is 6.61 Å². The topological polar surface area (TPSA) is 73.6 Å². The Labute approximate surface area is 141 Å². The van der Waals surface area contributed by atoms with Gasteiger partial charge in [0.05, 0.1) is 12.3 Å². The van der Waals surface area contributed by atoms with Crippen LogP contribution < -0.4 is 16.2 Å². The minimum atomic E-state index is 0.0732. The van der Waals surface area contributed by atoms with Gasteiger partial charge in [-0.2, -0.15) is 0 Å². The second kappa shape index (κ2) is 12.8. The number of guanidine groups is 1. The highest BCUT2D eigenvalue weighted by atomic mass is 16.5. The maximum atomic E-state index is 5.73. The van der Waals surface area contributed by atoms with E-state index in [2.05, 4.69) is 11.9 Å². The summed E-state index contributed by atoms with van der Waals surface area (Å²) < 4.78 is 5.73. The van der Waals surface area contributed by atoms with E-state index in [1.54, 1.807) is 0 Å². The van der Waals surface area contributed by atoms with Gasteiger partial charge in [0.2, 0.25) is 0 Å². The van der Waals surface area contributed by atoms with Crippen LogP contribution in [0.2, 0.25) is 0 Å². The molecular formula is C19H33N3O. The monoisotopic (exact) mass is 319 g/mol. The van der Waals surface area contributed by atoms with Gasteiger partial charge in [-0.25, -0.2) is 4.99 Å². The van der Waals surface area contributed by atoms with Crippen LogP contribution in [0.15, 0.2) is 29.3 Å². The van der Waals surface area contributed by atoms with Crippen LogP contribution in [-0.2, 0) is 0 Å². The fraction of sp³-hybridized carbons (Fsp3) is 0.632. The van der Waals surface area contributed by atoms with Gasteiger partial charge in [-0.3, -0.25) is 0 Å². The molecule has 0 saturated heterocycles. The first-order valence-corrected chi connectivity index (χ1v) is 9.05. The zero-order valence-corrected chi connectivity index (χ0v) is 14.6. The Bertz CT molecular complexity index is 425. The molecule has 0 spiro atoms. The average molecular weight is 319 g/mol. The highest BCUT2D eigenvalue weighted by Gasteiger charge is 1.96. The molecule has 0 aliphatic heterocycles. The number of rotatable bonds is 13. The van der Waals surface area contributed by atoms with E-state index in [0.29, 0.717) is 0 Å². The summed E-state index contributed by atoms with van der Waals surface area (Å²) in [6, 6.07) is 7.51. The van der Waals surface area contributed by atoms with Crippen molar-refractivity contribution >= 4 is 11.6 Å². The van der Waals surface area contributed by atoms with Crippen LogP contribution in [0.25, 0.3) is 0 Å². The molecule has 0 atom stereocenters. The van der Waals surface area contributed by atoms with Gasteiger partial charge >= 0.3 is 0 Å². The minimum absolute atomic E-state index is 0.0732. The number of aliphatic imine (C=N–C) groups is 1. The van der Waals surface area contributed by atoms with Crippen molar-refractivity contribution in [3.05, 3.63) is 24.3 Å². The van der Waals surface area contributed by atoms with Gasteiger partial charge < -0.3 is 16.2 Å². The summed E-state index contributed by atoms with van der Waals surface area (Å²) in [5.41, 5.74) is 11.4. The summed E-state index contributed by atoms with van der Waals surface area (Å²) in [7, 11) is 0. The molecule has 130 valence electrons. The largest absolute Gasteiger partial charge is 0.494 e. The molecule has 1 aromatic carbocycles. The Hall–Kier alpha value is -1.71. The highest BCUT2D eigenvalue weighted by molar-refractivity contribution is 5.78. The Morgan fingerprint density at radius 3 is 1.87 bits per heavy atom. The lowest BCUT2D eigenvalue weighted by molar-refractivity contribution is 0.304. The van der Waals surface area contributed by atoms with Gasteiger partial charge in [0, 0.05) is 0 Å². The van der Waals surface area contributed by atoms with E-state index in [-0.39, 0.29) is 5.96 Å². The third-order valence-electron chi connectivity index (χ3n) is 3.86. The van der Waals surface area contributed by atoms with Crippen molar-refractivity contribution in [2.45, 2.75) is 71.1 Å². The Morgan fingerprint density at radius 1 is 0.826 bits per heavy atom. The summed E-state index contributed by atoms with van der Waals surface area (Å²) in [4.78, 5) is 3.98. The number of unbranched alkanes of at least 4 members (excludes halogenated alkanes) is 9. The van der Waals surface area contributed by atoms with Crippen LogP contribution in [0.5, 0.6) is 5.75 Å². The van der Waals surface area contributed by atoms with E-state index in [0.717, 1.165) is 24.5 Å². The van der Waals surface area contributed by atoms with Crippen molar-refractivity contribution in [1.29, 1.82) is 0 Å². The molecule has 1 rings (SSSR count). The Kier molecular flexibility index (Phi) is 10.8. The molecule has 0 heterocycles. The molecule has 1 aromatic rings. The van der Waals surface area contributed by atoms with Gasteiger partial charge in [0.15, 0.2) is 5.96 Å². The molecule has 0 fully saturated rings. The Balaban J connectivity index is 1.97. The molecule has 0 saturated carbocycles. The number of ether oxygens (including phenoxy) is 1. The van der Waals surface area contributed by atoms with Crippen LogP contribution in [0.1, 0.15) is 71.1 Å². The van der Waals surface area contributed by atoms with Crippen molar-refractivity contribution in [2.24, 2.45) is 16.5 Å². The lowest BCUT2D eigenvalue weighted by Crippen LogP contribution is -2.21. The summed E-state index contributed by atoms with van der Waals surface area (Å²) in [5.74, 6) is 0.944. The van der Waals surface area contributed by atoms with E-state index in [9.17, 15) is 0 Å². The van der Waals surface area contributed by atoms with E-state index in [1.807, 2.05) is 24.3 Å². The first kappa shape index (κ1) is 19.3. The minimum Gasteiger partial charge on any atom is -0.494 e. The SMILES string of the molecule is CCCCCCCCCCCCOc1ccc(N=C(N)N)cc1. The van der Waals surface area contributed by atoms with E-state index >= 15 is 0 Å². The average Bonchev–Trinajstić information content (AvgIpc) is 2.53. The molecular weight excluding hydrogens is 286 g/mol. The summed E-state index contributed by atoms with van der Waals surface area (Å²) in [6.07, 6.45) is 13.4. The molecule has 0 radical (unpaired) electrons. The van der Waals surface area contributed by atoms with Crippen molar-refractivity contribution in [3.8, 4) is 5.75 Å². The lowest BCUT2D eigenvalue weighted by atomic mass is 10.1. The van der Waals surface area contributed by atoms with E-state index in [4.69, 9.17) is 16.2 Å². The van der Waals surface area contributed by atoms with Crippen LogP contribution in [-0.4, -0.2) is 12.6 Å². The maximum absolute atomic E-state index is 5.73. The summed E-state index contributed by atoms with van der Waals surface area (Å²) in [6.45, 7) is 3.04. The smallest absolute Gasteiger partial charge is 0.191 e. The fourth-order valence-electron chi connectivity index (χ4n) is 2.55. The molecule has 0 aliphatic rings. The van der Waals surface area contributed by atoms with Gasteiger partial charge in [-0.15, -0.1) is 0 Å². The predicted molar refractivity (Wildman–Crippen MR) is 99.3 cm³/mol. The molecule has 0 amide bonds. The first-order chi connectivity index (χ1) is 11.2. The standard InChI is InChI=1S/C19H33N3O/c1-2-3-4-5-6-7-8-9-10-11-16-23-18-14-12-17(13-15-18)22-19(20)21/h12-15H,2-11,16H2,1H3,(H4,20,21,22).